The number of unbranched alkanes of at least 4 members (excludes halogenated alkanes) is 1. The van der Waals surface area contributed by atoms with Crippen LogP contribution in [0.15, 0.2) is 9.98 Å². The minimum absolute atomic E-state index is 0.578. The Balaban J connectivity index is 2.71. The molecule has 86 valence electrons. The summed E-state index contributed by atoms with van der Waals surface area (Å²) in [5.41, 5.74) is 0. The summed E-state index contributed by atoms with van der Waals surface area (Å²) >= 11 is 5.13. The second-order valence-electron chi connectivity index (χ2n) is 3.76. The van der Waals surface area contributed by atoms with Gasteiger partial charge in [-0.05, 0) is 35.7 Å². The highest BCUT2D eigenvalue weighted by molar-refractivity contribution is 9.10. The fraction of sp³-hybridized carbons (Fsp3) is 0.727. The lowest BCUT2D eigenvalue weighted by Crippen LogP contribution is -2.33. The van der Waals surface area contributed by atoms with Gasteiger partial charge in [-0.25, -0.2) is 4.98 Å². The largest absolute Gasteiger partial charge is 0.345 e. The van der Waals surface area contributed by atoms with Crippen LogP contribution in [-0.2, 0) is 0 Å². The van der Waals surface area contributed by atoms with Crippen molar-refractivity contribution in [1.82, 2.24) is 4.98 Å². The lowest BCUT2D eigenvalue weighted by molar-refractivity contribution is 0.594. The van der Waals surface area contributed by atoms with Crippen molar-refractivity contribution in [2.24, 2.45) is 0 Å². The zero-order valence-electron chi connectivity index (χ0n) is 9.66. The van der Waals surface area contributed by atoms with Crippen molar-refractivity contribution in [2.75, 3.05) is 11.4 Å². The van der Waals surface area contributed by atoms with Crippen molar-refractivity contribution in [3.05, 3.63) is 9.98 Å². The molecule has 0 aliphatic carbocycles. The van der Waals surface area contributed by atoms with Crippen molar-refractivity contribution in [1.29, 1.82) is 0 Å². The Hall–Kier alpha value is -0.0900. The third kappa shape index (κ3) is 3.76. The van der Waals surface area contributed by atoms with Gasteiger partial charge < -0.3 is 4.90 Å². The van der Waals surface area contributed by atoms with E-state index < -0.39 is 0 Å². The molecule has 1 unspecified atom stereocenters. The molecular formula is C11H19BrN2S. The SMILES string of the molecule is CCCCN(c1nc(Br)cs1)C(C)CC. The molecule has 1 heterocycles. The van der Waals surface area contributed by atoms with E-state index in [4.69, 9.17) is 0 Å². The number of nitrogens with zero attached hydrogens (tertiary/aromatic N) is 2. The van der Waals surface area contributed by atoms with E-state index in [2.05, 4.69) is 52.0 Å². The standard InChI is InChI=1S/C11H19BrN2S/c1-4-6-7-14(9(3)5-2)11-13-10(12)8-15-11/h8-9H,4-7H2,1-3H3. The van der Waals surface area contributed by atoms with E-state index in [0.717, 1.165) is 16.3 Å². The van der Waals surface area contributed by atoms with E-state index in [1.807, 2.05) is 0 Å². The van der Waals surface area contributed by atoms with Gasteiger partial charge in [0.05, 0.1) is 0 Å². The fourth-order valence-corrected chi connectivity index (χ4v) is 2.81. The Morgan fingerprint density at radius 2 is 2.27 bits per heavy atom. The molecule has 0 spiro atoms. The van der Waals surface area contributed by atoms with Crippen LogP contribution >= 0.6 is 27.3 Å². The van der Waals surface area contributed by atoms with Gasteiger partial charge in [-0.2, -0.15) is 0 Å². The predicted octanol–water partition coefficient (Wildman–Crippen LogP) is 4.31. The minimum Gasteiger partial charge on any atom is -0.345 e. The molecule has 0 bridgehead atoms. The summed E-state index contributed by atoms with van der Waals surface area (Å²) < 4.78 is 0.951. The van der Waals surface area contributed by atoms with Crippen LogP contribution in [0.3, 0.4) is 0 Å². The van der Waals surface area contributed by atoms with Crippen LogP contribution in [0.1, 0.15) is 40.0 Å². The fourth-order valence-electron chi connectivity index (χ4n) is 1.43. The maximum atomic E-state index is 4.49. The summed E-state index contributed by atoms with van der Waals surface area (Å²) in [5, 5.41) is 3.20. The van der Waals surface area contributed by atoms with Gasteiger partial charge in [0.2, 0.25) is 0 Å². The Bertz CT molecular complexity index is 288. The first-order valence-corrected chi connectivity index (χ1v) is 7.24. The molecule has 4 heteroatoms. The molecule has 0 radical (unpaired) electrons. The maximum Gasteiger partial charge on any atom is 0.186 e. The number of halogens is 1. The van der Waals surface area contributed by atoms with Gasteiger partial charge in [0.25, 0.3) is 0 Å². The molecule has 1 rings (SSSR count). The average Bonchev–Trinajstić information content (AvgIpc) is 2.65. The van der Waals surface area contributed by atoms with Crippen LogP contribution in [0.4, 0.5) is 5.13 Å². The zero-order chi connectivity index (χ0) is 11.3. The van der Waals surface area contributed by atoms with Crippen molar-refractivity contribution in [3.8, 4) is 0 Å². The Morgan fingerprint density at radius 1 is 1.53 bits per heavy atom. The predicted molar refractivity (Wildman–Crippen MR) is 71.8 cm³/mol. The van der Waals surface area contributed by atoms with Gasteiger partial charge >= 0.3 is 0 Å². The van der Waals surface area contributed by atoms with Crippen LogP contribution in [0.5, 0.6) is 0 Å². The lowest BCUT2D eigenvalue weighted by Gasteiger charge is -2.27. The topological polar surface area (TPSA) is 16.1 Å². The van der Waals surface area contributed by atoms with Crippen molar-refractivity contribution in [3.63, 3.8) is 0 Å². The summed E-state index contributed by atoms with van der Waals surface area (Å²) in [6.45, 7) is 7.84. The monoisotopic (exact) mass is 290 g/mol. The van der Waals surface area contributed by atoms with Crippen LogP contribution in [0.25, 0.3) is 0 Å². The van der Waals surface area contributed by atoms with Crippen molar-refractivity contribution >= 4 is 32.4 Å². The molecule has 0 aliphatic rings. The maximum absolute atomic E-state index is 4.49. The highest BCUT2D eigenvalue weighted by Gasteiger charge is 2.15. The molecule has 0 amide bonds. The average molecular weight is 291 g/mol. The first-order chi connectivity index (χ1) is 7.19. The third-order valence-electron chi connectivity index (χ3n) is 2.59. The third-order valence-corrected chi connectivity index (χ3v) is 4.17. The van der Waals surface area contributed by atoms with Crippen LogP contribution in [-0.4, -0.2) is 17.6 Å². The number of rotatable bonds is 6. The van der Waals surface area contributed by atoms with Gasteiger partial charge in [-0.1, -0.05) is 20.3 Å². The number of aromatic nitrogens is 1. The molecule has 0 aromatic carbocycles. The van der Waals surface area contributed by atoms with Crippen LogP contribution in [0.2, 0.25) is 0 Å². The Labute approximate surface area is 105 Å². The van der Waals surface area contributed by atoms with E-state index in [0.29, 0.717) is 6.04 Å². The van der Waals surface area contributed by atoms with E-state index in [9.17, 15) is 0 Å². The molecule has 0 fully saturated rings. The quantitative estimate of drug-likeness (QED) is 0.776. The van der Waals surface area contributed by atoms with Crippen LogP contribution in [0, 0.1) is 0 Å². The van der Waals surface area contributed by atoms with Gasteiger partial charge in [-0.15, -0.1) is 11.3 Å². The smallest absolute Gasteiger partial charge is 0.186 e. The molecule has 0 N–H and O–H groups in total. The molecule has 0 saturated carbocycles. The normalized spacial score (nSPS) is 12.8. The molecule has 1 aromatic heterocycles. The molecule has 0 aliphatic heterocycles. The first-order valence-electron chi connectivity index (χ1n) is 5.56. The van der Waals surface area contributed by atoms with E-state index >= 15 is 0 Å². The summed E-state index contributed by atoms with van der Waals surface area (Å²) in [4.78, 5) is 6.91. The van der Waals surface area contributed by atoms with Crippen LogP contribution < -0.4 is 4.90 Å². The zero-order valence-corrected chi connectivity index (χ0v) is 12.1. The molecule has 1 aromatic rings. The number of hydrogen-bond acceptors (Lipinski definition) is 3. The number of thiazole rings is 1. The van der Waals surface area contributed by atoms with Crippen molar-refractivity contribution < 1.29 is 0 Å². The first kappa shape index (κ1) is 13.0. The Kier molecular flexibility index (Phi) is 5.61. The minimum atomic E-state index is 0.578. The number of anilines is 1. The van der Waals surface area contributed by atoms with Gasteiger partial charge in [0.15, 0.2) is 5.13 Å². The summed E-state index contributed by atoms with van der Waals surface area (Å²) in [6.07, 6.45) is 3.64. The summed E-state index contributed by atoms with van der Waals surface area (Å²) in [6, 6.07) is 0.578. The van der Waals surface area contributed by atoms with Gasteiger partial charge in [0.1, 0.15) is 4.60 Å². The van der Waals surface area contributed by atoms with Gasteiger partial charge in [-0.3, -0.25) is 0 Å². The second kappa shape index (κ2) is 6.48. The van der Waals surface area contributed by atoms with Crippen molar-refractivity contribution in [2.45, 2.75) is 46.1 Å². The molecule has 1 atom stereocenters. The van der Waals surface area contributed by atoms with Gasteiger partial charge in [0, 0.05) is 18.0 Å². The van der Waals surface area contributed by atoms with E-state index in [-0.39, 0.29) is 0 Å². The Morgan fingerprint density at radius 3 is 2.73 bits per heavy atom. The van der Waals surface area contributed by atoms with E-state index in [1.54, 1.807) is 11.3 Å². The second-order valence-corrected chi connectivity index (χ2v) is 5.41. The summed E-state index contributed by atoms with van der Waals surface area (Å²) in [5.74, 6) is 0. The molecular weight excluding hydrogens is 272 g/mol. The summed E-state index contributed by atoms with van der Waals surface area (Å²) in [7, 11) is 0. The molecule has 0 saturated heterocycles. The highest BCUT2D eigenvalue weighted by atomic mass is 79.9. The lowest BCUT2D eigenvalue weighted by atomic mass is 10.2. The number of hydrogen-bond donors (Lipinski definition) is 0. The van der Waals surface area contributed by atoms with E-state index in [1.165, 1.54) is 19.3 Å². The molecule has 15 heavy (non-hydrogen) atoms. The highest BCUT2D eigenvalue weighted by Crippen LogP contribution is 2.26. The molecule has 2 nitrogen and oxygen atoms in total.